The van der Waals surface area contributed by atoms with Crippen LogP contribution in [0, 0.1) is 0 Å². The molecule has 0 fully saturated rings. The third kappa shape index (κ3) is 2.99. The molecule has 24 heavy (non-hydrogen) atoms. The van der Waals surface area contributed by atoms with Gasteiger partial charge in [0.2, 0.25) is 0 Å². The molecule has 2 heterocycles. The fourth-order valence-electron chi connectivity index (χ4n) is 3.04. The highest BCUT2D eigenvalue weighted by atomic mass is 35.5. The summed E-state index contributed by atoms with van der Waals surface area (Å²) in [5.74, 6) is 1.18. The molecule has 1 aliphatic rings. The van der Waals surface area contributed by atoms with Gasteiger partial charge < -0.3 is 4.98 Å². The largest absolute Gasteiger partial charge is 0.309 e. The molecule has 124 valence electrons. The maximum atomic E-state index is 12.5. The van der Waals surface area contributed by atoms with Crippen molar-refractivity contribution in [3.8, 4) is 0 Å². The van der Waals surface area contributed by atoms with E-state index < -0.39 is 0 Å². The number of H-pyrrole nitrogens is 1. The number of rotatable bonds is 3. The van der Waals surface area contributed by atoms with E-state index in [1.54, 1.807) is 11.3 Å². The Morgan fingerprint density at radius 3 is 2.75 bits per heavy atom. The van der Waals surface area contributed by atoms with E-state index in [1.807, 2.05) is 18.2 Å². The lowest BCUT2D eigenvalue weighted by molar-refractivity contribution is 0.700. The van der Waals surface area contributed by atoms with Crippen LogP contribution in [-0.4, -0.2) is 9.97 Å². The van der Waals surface area contributed by atoms with E-state index in [9.17, 15) is 4.79 Å². The minimum Gasteiger partial charge on any atom is -0.309 e. The van der Waals surface area contributed by atoms with E-state index in [-0.39, 0.29) is 5.56 Å². The third-order valence-corrected chi connectivity index (χ3v) is 7.33. The van der Waals surface area contributed by atoms with Gasteiger partial charge in [-0.3, -0.25) is 4.79 Å². The minimum atomic E-state index is -0.0275. The van der Waals surface area contributed by atoms with E-state index >= 15 is 0 Å². The lowest BCUT2D eigenvalue weighted by Crippen LogP contribution is -2.12. The van der Waals surface area contributed by atoms with Crippen LogP contribution in [0.2, 0.25) is 10.0 Å². The molecule has 1 N–H and O–H groups in total. The van der Waals surface area contributed by atoms with E-state index in [2.05, 4.69) is 9.97 Å². The predicted octanol–water partition coefficient (Wildman–Crippen LogP) is 5.46. The molecule has 0 saturated carbocycles. The number of nitrogens with zero attached hydrogens (tertiary/aromatic N) is 1. The maximum absolute atomic E-state index is 12.5. The van der Waals surface area contributed by atoms with Crippen LogP contribution in [0.1, 0.15) is 29.1 Å². The van der Waals surface area contributed by atoms with Crippen LogP contribution in [0.3, 0.4) is 0 Å². The number of benzene rings is 1. The molecule has 4 rings (SSSR count). The number of fused-ring (bicyclic) bond motifs is 3. The topological polar surface area (TPSA) is 45.8 Å². The number of hydrogen-bond acceptors (Lipinski definition) is 4. The summed E-state index contributed by atoms with van der Waals surface area (Å²) >= 11 is 15.5. The SMILES string of the molecule is O=c1[nH]c(CSc2c(Cl)cccc2Cl)nc2sc3c(c12)CCCC3. The zero-order valence-electron chi connectivity index (χ0n) is 12.7. The predicted molar refractivity (Wildman–Crippen MR) is 103 cm³/mol. The molecule has 0 atom stereocenters. The second-order valence-corrected chi connectivity index (χ2v) is 8.63. The molecule has 1 aromatic carbocycles. The Labute approximate surface area is 157 Å². The van der Waals surface area contributed by atoms with Gasteiger partial charge in [-0.15, -0.1) is 23.1 Å². The molecule has 0 aliphatic heterocycles. The number of nitrogens with one attached hydrogen (secondary N) is 1. The minimum absolute atomic E-state index is 0.0275. The quantitative estimate of drug-likeness (QED) is 0.597. The van der Waals surface area contributed by atoms with Crippen LogP contribution in [-0.2, 0) is 18.6 Å². The van der Waals surface area contributed by atoms with Gasteiger partial charge in [-0.2, -0.15) is 0 Å². The van der Waals surface area contributed by atoms with Gasteiger partial charge in [0.15, 0.2) is 0 Å². The molecule has 0 bridgehead atoms. The molecule has 3 nitrogen and oxygen atoms in total. The highest BCUT2D eigenvalue weighted by molar-refractivity contribution is 7.98. The lowest BCUT2D eigenvalue weighted by Gasteiger charge is -2.09. The van der Waals surface area contributed by atoms with Crippen molar-refractivity contribution >= 4 is 56.5 Å². The van der Waals surface area contributed by atoms with E-state index in [0.717, 1.165) is 34.4 Å². The second-order valence-electron chi connectivity index (χ2n) is 5.74. The van der Waals surface area contributed by atoms with Crippen LogP contribution in [0.4, 0.5) is 0 Å². The highest BCUT2D eigenvalue weighted by Crippen LogP contribution is 2.36. The first-order valence-corrected chi connectivity index (χ1v) is 10.3. The summed E-state index contributed by atoms with van der Waals surface area (Å²) in [6, 6.07) is 5.43. The van der Waals surface area contributed by atoms with Gasteiger partial charge in [-0.25, -0.2) is 4.98 Å². The third-order valence-electron chi connectivity index (χ3n) is 4.15. The standard InChI is InChI=1S/C17H14Cl2N2OS2/c18-10-5-3-6-11(19)15(10)23-8-13-20-16(22)14-9-4-1-2-7-12(9)24-17(14)21-13/h3,5-6H,1-2,4,7-8H2,(H,20,21,22). The van der Waals surface area contributed by atoms with Gasteiger partial charge in [-0.05, 0) is 43.4 Å². The van der Waals surface area contributed by atoms with Gasteiger partial charge >= 0.3 is 0 Å². The summed E-state index contributed by atoms with van der Waals surface area (Å²) in [6.45, 7) is 0. The number of aromatic nitrogens is 2. The van der Waals surface area contributed by atoms with Crippen LogP contribution in [0.15, 0.2) is 27.9 Å². The van der Waals surface area contributed by atoms with Crippen molar-refractivity contribution in [3.63, 3.8) is 0 Å². The summed E-state index contributed by atoms with van der Waals surface area (Å²) < 4.78 is 0. The molecule has 1 aliphatic carbocycles. The number of hydrogen-bond donors (Lipinski definition) is 1. The summed E-state index contributed by atoms with van der Waals surface area (Å²) in [5, 5.41) is 2.02. The summed E-state index contributed by atoms with van der Waals surface area (Å²) in [5.41, 5.74) is 1.18. The van der Waals surface area contributed by atoms with Gasteiger partial charge in [0.05, 0.1) is 21.2 Å². The zero-order valence-corrected chi connectivity index (χ0v) is 15.8. The molecule has 0 saturated heterocycles. The Morgan fingerprint density at radius 1 is 1.21 bits per heavy atom. The van der Waals surface area contributed by atoms with E-state index in [0.29, 0.717) is 21.6 Å². The molecule has 0 spiro atoms. The number of aryl methyl sites for hydroxylation is 2. The van der Waals surface area contributed by atoms with Crippen molar-refractivity contribution in [1.29, 1.82) is 0 Å². The molecule has 0 radical (unpaired) electrons. The highest BCUT2D eigenvalue weighted by Gasteiger charge is 2.20. The molecule has 0 unspecified atom stereocenters. The van der Waals surface area contributed by atoms with Crippen molar-refractivity contribution in [2.24, 2.45) is 0 Å². The number of aromatic amines is 1. The summed E-state index contributed by atoms with van der Waals surface area (Å²) in [4.78, 5) is 23.1. The van der Waals surface area contributed by atoms with Gasteiger partial charge in [0.1, 0.15) is 10.7 Å². The van der Waals surface area contributed by atoms with Crippen molar-refractivity contribution < 1.29 is 0 Å². The molecule has 3 aromatic rings. The molecule has 0 amide bonds. The smallest absolute Gasteiger partial charge is 0.259 e. The van der Waals surface area contributed by atoms with E-state index in [4.69, 9.17) is 23.2 Å². The Balaban J connectivity index is 1.67. The summed E-state index contributed by atoms with van der Waals surface area (Å²) in [6.07, 6.45) is 4.41. The van der Waals surface area contributed by atoms with Crippen LogP contribution in [0.25, 0.3) is 10.2 Å². The Bertz CT molecular complexity index is 960. The Kier molecular flexibility index (Phi) is 4.60. The number of thiophene rings is 1. The fourth-order valence-corrected chi connectivity index (χ4v) is 5.87. The van der Waals surface area contributed by atoms with E-state index in [1.165, 1.54) is 28.6 Å². The number of thioether (sulfide) groups is 1. The van der Waals surface area contributed by atoms with Crippen LogP contribution >= 0.6 is 46.3 Å². The van der Waals surface area contributed by atoms with Crippen molar-refractivity contribution in [2.75, 3.05) is 0 Å². The number of halogens is 2. The molecular weight excluding hydrogens is 383 g/mol. The lowest BCUT2D eigenvalue weighted by atomic mass is 9.97. The molecular formula is C17H14Cl2N2OS2. The van der Waals surface area contributed by atoms with Gasteiger partial charge in [0.25, 0.3) is 5.56 Å². The van der Waals surface area contributed by atoms with Gasteiger partial charge in [-0.1, -0.05) is 29.3 Å². The normalized spacial score (nSPS) is 14.1. The van der Waals surface area contributed by atoms with Crippen LogP contribution < -0.4 is 5.56 Å². The van der Waals surface area contributed by atoms with Crippen molar-refractivity contribution in [2.45, 2.75) is 36.3 Å². The second kappa shape index (κ2) is 6.71. The monoisotopic (exact) mass is 396 g/mol. The molecule has 2 aromatic heterocycles. The maximum Gasteiger partial charge on any atom is 0.259 e. The van der Waals surface area contributed by atoms with Crippen molar-refractivity contribution in [3.05, 3.63) is 54.9 Å². The molecule has 7 heteroatoms. The average molecular weight is 397 g/mol. The first kappa shape index (κ1) is 16.5. The fraction of sp³-hybridized carbons (Fsp3) is 0.294. The first-order valence-electron chi connectivity index (χ1n) is 7.74. The van der Waals surface area contributed by atoms with Gasteiger partial charge in [0, 0.05) is 9.77 Å². The first-order chi connectivity index (χ1) is 11.6. The van der Waals surface area contributed by atoms with Crippen LogP contribution in [0.5, 0.6) is 0 Å². The summed E-state index contributed by atoms with van der Waals surface area (Å²) in [7, 11) is 0. The average Bonchev–Trinajstić information content (AvgIpc) is 2.93. The Morgan fingerprint density at radius 2 is 1.96 bits per heavy atom. The van der Waals surface area contributed by atoms with Crippen molar-refractivity contribution in [1.82, 2.24) is 9.97 Å². The zero-order chi connectivity index (χ0) is 16.7. The Hall–Kier alpha value is -1.01.